The fraction of sp³-hybridized carbons (Fsp3) is 0.650. The number of aryl methyl sites for hydroxylation is 1. The summed E-state index contributed by atoms with van der Waals surface area (Å²) in [5.74, 6) is 1.87. The molecule has 0 aromatic heterocycles. The lowest BCUT2D eigenvalue weighted by Gasteiger charge is -2.39. The highest BCUT2D eigenvalue weighted by molar-refractivity contribution is 5.86. The van der Waals surface area contributed by atoms with E-state index in [9.17, 15) is 0 Å². The summed E-state index contributed by atoms with van der Waals surface area (Å²) in [6.45, 7) is 31.4. The quantitative estimate of drug-likeness (QED) is 0.302. The Kier molecular flexibility index (Phi) is 9.31. The molecule has 0 amide bonds. The molecule has 4 heteroatoms. The fourth-order valence-corrected chi connectivity index (χ4v) is 6.86. The van der Waals surface area contributed by atoms with Crippen molar-refractivity contribution in [3.8, 4) is 11.5 Å². The number of benzene rings is 2. The average molecular weight is 601 g/mol. The fourth-order valence-electron chi connectivity index (χ4n) is 6.86. The van der Waals surface area contributed by atoms with Gasteiger partial charge < -0.3 is 9.47 Å². The Labute approximate surface area is 269 Å². The topological polar surface area (TPSA) is 43.2 Å². The molecule has 0 bridgehead atoms. The van der Waals surface area contributed by atoms with Crippen LogP contribution >= 0.6 is 0 Å². The van der Waals surface area contributed by atoms with Crippen LogP contribution in [0, 0.1) is 6.92 Å². The molecule has 1 aliphatic carbocycles. The third-order valence-corrected chi connectivity index (χ3v) is 8.97. The zero-order chi connectivity index (χ0) is 32.9. The van der Waals surface area contributed by atoms with Crippen molar-refractivity contribution in [2.45, 2.75) is 169 Å². The maximum atomic E-state index is 7.16. The third-order valence-electron chi connectivity index (χ3n) is 8.97. The molecule has 1 saturated carbocycles. The molecule has 2 aromatic carbocycles. The highest BCUT2D eigenvalue weighted by Gasteiger charge is 2.37. The lowest BCUT2D eigenvalue weighted by molar-refractivity contribution is 0.00320. The van der Waals surface area contributed by atoms with Gasteiger partial charge in [-0.2, -0.15) is 0 Å². The standard InChI is InChI=1S/C40H60N2O2/c1-26-19-27-23-41-32-17-15-16-18-33(32)42-24-28-21-29(36(2,3)4)22-31(38(8,9)10)35(28)44-40(13,14)25-39(11,12)43-34(27)30(20-26)37(5,6)7/h19-24,32-33H,15-18,25H2,1-14H3. The van der Waals surface area contributed by atoms with E-state index in [2.05, 4.69) is 134 Å². The van der Waals surface area contributed by atoms with E-state index in [1.165, 1.54) is 35.1 Å². The van der Waals surface area contributed by atoms with Crippen molar-refractivity contribution in [3.05, 3.63) is 57.6 Å². The first kappa shape index (κ1) is 34.3. The van der Waals surface area contributed by atoms with Crippen LogP contribution < -0.4 is 9.47 Å². The predicted octanol–water partition coefficient (Wildman–Crippen LogP) is 10.5. The number of aliphatic imine (C=N–C) groups is 2. The molecule has 2 aromatic rings. The lowest BCUT2D eigenvalue weighted by atomic mass is 9.78. The molecule has 1 fully saturated rings. The Hall–Kier alpha value is -2.62. The van der Waals surface area contributed by atoms with Crippen LogP contribution in [0.3, 0.4) is 0 Å². The van der Waals surface area contributed by atoms with Gasteiger partial charge in [-0.3, -0.25) is 9.98 Å². The summed E-state index contributed by atoms with van der Waals surface area (Å²) in [6.07, 6.45) is 9.33. The normalized spacial score (nSPS) is 22.4. The molecule has 0 saturated heterocycles. The van der Waals surface area contributed by atoms with Gasteiger partial charge in [0, 0.05) is 41.1 Å². The summed E-state index contributed by atoms with van der Waals surface area (Å²) in [6, 6.07) is 9.45. The number of hydrogen-bond donors (Lipinski definition) is 0. The largest absolute Gasteiger partial charge is 0.487 e. The summed E-state index contributed by atoms with van der Waals surface area (Å²) in [5, 5.41) is 0. The first-order valence-electron chi connectivity index (χ1n) is 16.8. The van der Waals surface area contributed by atoms with Gasteiger partial charge in [0.2, 0.25) is 0 Å². The van der Waals surface area contributed by atoms with Crippen molar-refractivity contribution >= 4 is 12.4 Å². The smallest absolute Gasteiger partial charge is 0.132 e. The Balaban J connectivity index is 1.97. The minimum Gasteiger partial charge on any atom is -0.487 e. The second-order valence-corrected chi connectivity index (χ2v) is 17.8. The number of nitrogens with zero attached hydrogens (tertiary/aromatic N) is 2. The average Bonchev–Trinajstić information content (AvgIpc) is 2.85. The predicted molar refractivity (Wildman–Crippen MR) is 189 cm³/mol. The molecule has 1 aliphatic heterocycles. The molecule has 2 atom stereocenters. The molecule has 242 valence electrons. The van der Waals surface area contributed by atoms with Gasteiger partial charge in [-0.1, -0.05) is 87.3 Å². The van der Waals surface area contributed by atoms with Crippen LogP contribution in [0.25, 0.3) is 0 Å². The van der Waals surface area contributed by atoms with Crippen molar-refractivity contribution in [1.29, 1.82) is 0 Å². The second kappa shape index (κ2) is 12.0. The molecule has 2 aliphatic rings. The summed E-state index contributed by atoms with van der Waals surface area (Å²) in [7, 11) is 0. The molecule has 4 rings (SSSR count). The van der Waals surface area contributed by atoms with Crippen LogP contribution in [-0.2, 0) is 16.2 Å². The first-order chi connectivity index (χ1) is 20.1. The summed E-state index contributed by atoms with van der Waals surface area (Å²) in [5.41, 5.74) is 5.86. The van der Waals surface area contributed by atoms with Gasteiger partial charge in [-0.05, 0) is 87.0 Å². The van der Waals surface area contributed by atoms with Crippen LogP contribution in [0.1, 0.15) is 155 Å². The number of fused-ring (bicyclic) bond motifs is 3. The van der Waals surface area contributed by atoms with E-state index in [1.54, 1.807) is 0 Å². The Morgan fingerprint density at radius 2 is 1.05 bits per heavy atom. The summed E-state index contributed by atoms with van der Waals surface area (Å²) >= 11 is 0. The Morgan fingerprint density at radius 1 is 0.614 bits per heavy atom. The van der Waals surface area contributed by atoms with Crippen LogP contribution in [0.4, 0.5) is 0 Å². The number of rotatable bonds is 0. The molecular weight excluding hydrogens is 540 g/mol. The minimum atomic E-state index is -0.510. The maximum Gasteiger partial charge on any atom is 0.132 e. The third kappa shape index (κ3) is 8.15. The highest BCUT2D eigenvalue weighted by atomic mass is 16.5. The molecule has 4 nitrogen and oxygen atoms in total. The molecule has 0 radical (unpaired) electrons. The summed E-state index contributed by atoms with van der Waals surface area (Å²) in [4.78, 5) is 10.6. The SMILES string of the molecule is Cc1cc2c(c(C(C)(C)C)c1)OC(C)(C)CC(C)(C)Oc1c(cc(C(C)(C)C)cc1C(C)(C)C)C=NC1CCCCC1N=C2. The first-order valence-corrected chi connectivity index (χ1v) is 16.8. The van der Waals surface area contributed by atoms with E-state index in [1.807, 2.05) is 0 Å². The molecule has 0 N–H and O–H groups in total. The van der Waals surface area contributed by atoms with Gasteiger partial charge in [-0.15, -0.1) is 0 Å². The molecule has 0 spiro atoms. The Bertz CT molecular complexity index is 1410. The van der Waals surface area contributed by atoms with E-state index >= 15 is 0 Å². The van der Waals surface area contributed by atoms with Gasteiger partial charge in [0.1, 0.15) is 22.7 Å². The maximum absolute atomic E-state index is 7.16. The van der Waals surface area contributed by atoms with E-state index in [0.717, 1.165) is 35.5 Å². The van der Waals surface area contributed by atoms with E-state index in [0.29, 0.717) is 6.42 Å². The van der Waals surface area contributed by atoms with Gasteiger partial charge in [-0.25, -0.2) is 0 Å². The molecule has 1 heterocycles. The highest BCUT2D eigenvalue weighted by Crippen LogP contribution is 2.43. The zero-order valence-corrected chi connectivity index (χ0v) is 30.4. The summed E-state index contributed by atoms with van der Waals surface area (Å²) < 4.78 is 14.2. The van der Waals surface area contributed by atoms with E-state index < -0.39 is 11.2 Å². The molecule has 44 heavy (non-hydrogen) atoms. The Morgan fingerprint density at radius 3 is 1.48 bits per heavy atom. The van der Waals surface area contributed by atoms with Gasteiger partial charge in [0.25, 0.3) is 0 Å². The van der Waals surface area contributed by atoms with Gasteiger partial charge in [0.05, 0.1) is 12.1 Å². The van der Waals surface area contributed by atoms with Crippen LogP contribution in [0.15, 0.2) is 34.3 Å². The zero-order valence-electron chi connectivity index (χ0n) is 30.4. The number of ether oxygens (including phenoxy) is 2. The van der Waals surface area contributed by atoms with E-state index in [4.69, 9.17) is 19.5 Å². The van der Waals surface area contributed by atoms with Crippen LogP contribution in [0.2, 0.25) is 0 Å². The molecular formula is C40H60N2O2. The lowest BCUT2D eigenvalue weighted by Crippen LogP contribution is -2.42. The van der Waals surface area contributed by atoms with Crippen molar-refractivity contribution < 1.29 is 9.47 Å². The van der Waals surface area contributed by atoms with E-state index in [-0.39, 0.29) is 28.3 Å². The van der Waals surface area contributed by atoms with Crippen LogP contribution in [0.5, 0.6) is 11.5 Å². The number of hydrogen-bond acceptors (Lipinski definition) is 4. The van der Waals surface area contributed by atoms with Crippen molar-refractivity contribution in [3.63, 3.8) is 0 Å². The van der Waals surface area contributed by atoms with Gasteiger partial charge >= 0.3 is 0 Å². The minimum absolute atomic E-state index is 0.00242. The monoisotopic (exact) mass is 600 g/mol. The second-order valence-electron chi connectivity index (χ2n) is 17.8. The van der Waals surface area contributed by atoms with Crippen LogP contribution in [-0.4, -0.2) is 35.7 Å². The van der Waals surface area contributed by atoms with Crippen molar-refractivity contribution in [2.75, 3.05) is 0 Å². The van der Waals surface area contributed by atoms with Crippen molar-refractivity contribution in [2.24, 2.45) is 9.98 Å². The van der Waals surface area contributed by atoms with Gasteiger partial charge in [0.15, 0.2) is 0 Å². The van der Waals surface area contributed by atoms with Crippen molar-refractivity contribution in [1.82, 2.24) is 0 Å². The molecule has 2 unspecified atom stereocenters.